The topological polar surface area (TPSA) is 79.8 Å². The number of hydrogen-bond donors (Lipinski definition) is 0. The fourth-order valence-electron chi connectivity index (χ4n) is 2.73. The number of anilines is 1. The molecule has 0 aliphatic carbocycles. The molecular formula is C18H13N3O4S. The molecule has 4 rings (SSSR count). The zero-order valence-electron chi connectivity index (χ0n) is 13.7. The number of thiazole rings is 1. The molecule has 130 valence electrons. The van der Waals surface area contributed by atoms with E-state index < -0.39 is 17.8 Å². The van der Waals surface area contributed by atoms with Gasteiger partial charge in [0, 0.05) is 0 Å². The van der Waals surface area contributed by atoms with E-state index in [-0.39, 0.29) is 6.54 Å². The Hall–Kier alpha value is -3.26. The van der Waals surface area contributed by atoms with E-state index in [0.717, 1.165) is 20.0 Å². The van der Waals surface area contributed by atoms with Gasteiger partial charge in [-0.3, -0.25) is 9.59 Å². The summed E-state index contributed by atoms with van der Waals surface area (Å²) in [6, 6.07) is 13.2. The lowest BCUT2D eigenvalue weighted by molar-refractivity contribution is -0.139. The number of hydrogen-bond acceptors (Lipinski definition) is 6. The second-order valence-electron chi connectivity index (χ2n) is 5.59. The summed E-state index contributed by atoms with van der Waals surface area (Å²) in [5, 5.41) is 0.595. The Morgan fingerprint density at radius 2 is 1.73 bits per heavy atom. The van der Waals surface area contributed by atoms with E-state index in [1.54, 1.807) is 24.3 Å². The lowest BCUT2D eigenvalue weighted by Crippen LogP contribution is -2.33. The second-order valence-corrected chi connectivity index (χ2v) is 6.70. The van der Waals surface area contributed by atoms with Crippen molar-refractivity contribution in [3.05, 3.63) is 53.5 Å². The van der Waals surface area contributed by atoms with Gasteiger partial charge in [-0.2, -0.15) is 0 Å². The van der Waals surface area contributed by atoms with E-state index >= 15 is 0 Å². The maximum atomic E-state index is 12.7. The van der Waals surface area contributed by atoms with Crippen molar-refractivity contribution in [3.63, 3.8) is 0 Å². The molecule has 2 aromatic carbocycles. The third-order valence-corrected chi connectivity index (χ3v) is 5.04. The van der Waals surface area contributed by atoms with Gasteiger partial charge in [-0.1, -0.05) is 12.1 Å². The zero-order chi connectivity index (χ0) is 18.3. The summed E-state index contributed by atoms with van der Waals surface area (Å²) in [5.74, 6) is -1.14. The summed E-state index contributed by atoms with van der Waals surface area (Å²) in [7, 11) is 1.52. The summed E-state index contributed by atoms with van der Waals surface area (Å²) in [6.07, 6.45) is 0. The number of carbonyl (C=O) groups is 3. The summed E-state index contributed by atoms with van der Waals surface area (Å²) in [4.78, 5) is 43.5. The Bertz CT molecular complexity index is 995. The average molecular weight is 367 g/mol. The fraction of sp³-hybridized carbons (Fsp3) is 0.111. The molecule has 4 amide bonds. The smallest absolute Gasteiger partial charge is 0.339 e. The monoisotopic (exact) mass is 367 g/mol. The molecule has 7 nitrogen and oxygen atoms in total. The zero-order valence-corrected chi connectivity index (χ0v) is 14.5. The molecule has 0 bridgehead atoms. The van der Waals surface area contributed by atoms with Gasteiger partial charge in [-0.05, 0) is 36.4 Å². The van der Waals surface area contributed by atoms with Crippen LogP contribution < -0.4 is 9.64 Å². The molecule has 0 radical (unpaired) electrons. The van der Waals surface area contributed by atoms with Crippen LogP contribution >= 0.6 is 11.3 Å². The third kappa shape index (κ3) is 2.60. The number of urea groups is 1. The van der Waals surface area contributed by atoms with Crippen molar-refractivity contribution < 1.29 is 19.1 Å². The molecule has 3 aromatic rings. The van der Waals surface area contributed by atoms with Gasteiger partial charge < -0.3 is 4.74 Å². The van der Waals surface area contributed by atoms with Crippen molar-refractivity contribution in [2.45, 2.75) is 6.54 Å². The highest BCUT2D eigenvalue weighted by Gasteiger charge is 2.45. The van der Waals surface area contributed by atoms with Gasteiger partial charge in [0.2, 0.25) is 0 Å². The average Bonchev–Trinajstić information content (AvgIpc) is 3.16. The van der Waals surface area contributed by atoms with E-state index in [1.807, 2.05) is 24.3 Å². The molecular weight excluding hydrogens is 354 g/mol. The van der Waals surface area contributed by atoms with E-state index in [1.165, 1.54) is 18.4 Å². The molecule has 1 aliphatic rings. The van der Waals surface area contributed by atoms with Gasteiger partial charge in [-0.15, -0.1) is 11.3 Å². The van der Waals surface area contributed by atoms with Gasteiger partial charge in [0.15, 0.2) is 0 Å². The molecule has 0 N–H and O–H groups in total. The van der Waals surface area contributed by atoms with E-state index in [0.29, 0.717) is 16.4 Å². The highest BCUT2D eigenvalue weighted by molar-refractivity contribution is 7.18. The Labute approximate surface area is 152 Å². The highest BCUT2D eigenvalue weighted by atomic mass is 32.1. The minimum absolute atomic E-state index is 0.0323. The van der Waals surface area contributed by atoms with Crippen LogP contribution in [0.1, 0.15) is 5.01 Å². The van der Waals surface area contributed by atoms with Crippen LogP contribution in [0.25, 0.3) is 10.2 Å². The summed E-state index contributed by atoms with van der Waals surface area (Å²) >= 11 is 1.39. The first-order chi connectivity index (χ1) is 12.6. The van der Waals surface area contributed by atoms with Gasteiger partial charge in [0.1, 0.15) is 10.8 Å². The SMILES string of the molecule is COc1ccc(N2C(=O)C(=O)N(Cc3nc4ccccc4s3)C2=O)cc1. The van der Waals surface area contributed by atoms with E-state index in [9.17, 15) is 14.4 Å². The Kier molecular flexibility index (Phi) is 3.89. The highest BCUT2D eigenvalue weighted by Crippen LogP contribution is 2.28. The number of methoxy groups -OCH3 is 1. The molecule has 0 unspecified atom stereocenters. The maximum absolute atomic E-state index is 12.7. The molecule has 1 saturated heterocycles. The van der Waals surface area contributed by atoms with Crippen LogP contribution in [0.2, 0.25) is 0 Å². The van der Waals surface area contributed by atoms with Crippen LogP contribution in [0, 0.1) is 0 Å². The second kappa shape index (κ2) is 6.23. The van der Waals surface area contributed by atoms with Crippen LogP contribution in [-0.4, -0.2) is 34.8 Å². The van der Waals surface area contributed by atoms with Gasteiger partial charge >= 0.3 is 17.8 Å². The first-order valence-corrected chi connectivity index (χ1v) is 8.58. The summed E-state index contributed by atoms with van der Waals surface area (Å²) < 4.78 is 6.02. The Morgan fingerprint density at radius 3 is 2.42 bits per heavy atom. The van der Waals surface area contributed by atoms with Crippen LogP contribution in [-0.2, 0) is 16.1 Å². The number of aromatic nitrogens is 1. The number of carbonyl (C=O) groups excluding carboxylic acids is 3. The predicted octanol–water partition coefficient (Wildman–Crippen LogP) is 2.80. The largest absolute Gasteiger partial charge is 0.497 e. The molecule has 0 saturated carbocycles. The third-order valence-electron chi connectivity index (χ3n) is 4.02. The molecule has 1 aliphatic heterocycles. The molecule has 1 fully saturated rings. The molecule has 26 heavy (non-hydrogen) atoms. The molecule has 2 heterocycles. The van der Waals surface area contributed by atoms with Crippen LogP contribution in [0.3, 0.4) is 0 Å². The quantitative estimate of drug-likeness (QED) is 0.523. The van der Waals surface area contributed by atoms with Crippen molar-refractivity contribution >= 4 is 45.1 Å². The molecule has 0 spiro atoms. The molecule has 0 atom stereocenters. The standard InChI is InChI=1S/C18H13N3O4S/c1-25-12-8-6-11(7-9-12)21-17(23)16(22)20(18(21)24)10-15-19-13-4-2-3-5-14(13)26-15/h2-9H,10H2,1H3. The number of imide groups is 2. The minimum Gasteiger partial charge on any atom is -0.497 e. The van der Waals surface area contributed by atoms with Crippen molar-refractivity contribution in [3.8, 4) is 5.75 Å². The Balaban J connectivity index is 1.61. The Morgan fingerprint density at radius 1 is 1.00 bits per heavy atom. The van der Waals surface area contributed by atoms with Crippen LogP contribution in [0.15, 0.2) is 48.5 Å². The first-order valence-electron chi connectivity index (χ1n) is 7.77. The number of nitrogens with zero attached hydrogens (tertiary/aromatic N) is 3. The number of ether oxygens (including phenoxy) is 1. The van der Waals surface area contributed by atoms with E-state index in [2.05, 4.69) is 4.98 Å². The van der Waals surface area contributed by atoms with Gasteiger partial charge in [0.05, 0.1) is 29.6 Å². The molecule has 1 aromatic heterocycles. The predicted molar refractivity (Wildman–Crippen MR) is 96.0 cm³/mol. The number of rotatable bonds is 4. The van der Waals surface area contributed by atoms with Crippen molar-refractivity contribution in [2.75, 3.05) is 12.0 Å². The van der Waals surface area contributed by atoms with Gasteiger partial charge in [0.25, 0.3) is 0 Å². The summed E-state index contributed by atoms with van der Waals surface area (Å²) in [5.41, 5.74) is 1.12. The van der Waals surface area contributed by atoms with Crippen molar-refractivity contribution in [2.24, 2.45) is 0 Å². The summed E-state index contributed by atoms with van der Waals surface area (Å²) in [6.45, 7) is -0.0323. The van der Waals surface area contributed by atoms with Crippen LogP contribution in [0.4, 0.5) is 10.5 Å². The fourth-order valence-corrected chi connectivity index (χ4v) is 3.68. The number of benzene rings is 2. The van der Waals surface area contributed by atoms with Crippen molar-refractivity contribution in [1.29, 1.82) is 0 Å². The minimum atomic E-state index is -0.874. The van der Waals surface area contributed by atoms with E-state index in [4.69, 9.17) is 4.74 Å². The number of fused-ring (bicyclic) bond motifs is 1. The van der Waals surface area contributed by atoms with Gasteiger partial charge in [-0.25, -0.2) is 19.6 Å². The lowest BCUT2D eigenvalue weighted by Gasteiger charge is -2.14. The van der Waals surface area contributed by atoms with Crippen molar-refractivity contribution in [1.82, 2.24) is 9.88 Å². The maximum Gasteiger partial charge on any atom is 0.339 e. The number of amides is 4. The number of para-hydroxylation sites is 1. The molecule has 8 heteroatoms. The van der Waals surface area contributed by atoms with Crippen LogP contribution in [0.5, 0.6) is 5.75 Å². The lowest BCUT2D eigenvalue weighted by atomic mass is 10.3. The normalized spacial score (nSPS) is 14.6. The first kappa shape index (κ1) is 16.2.